The van der Waals surface area contributed by atoms with E-state index in [1.807, 2.05) is 25.1 Å². The minimum Gasteiger partial charge on any atom is -0.488 e. The lowest BCUT2D eigenvalue weighted by molar-refractivity contribution is 0.0697. The zero-order valence-electron chi connectivity index (χ0n) is 14.0. The SMILES string of the molecule is CCNC(=S)NN=Cc1ccc(OCc2ccc(C(=O)O)cc2)c(I)c1. The van der Waals surface area contributed by atoms with Crippen molar-refractivity contribution in [1.29, 1.82) is 0 Å². The molecule has 0 spiro atoms. The third-order valence-electron chi connectivity index (χ3n) is 3.27. The molecule has 2 aromatic carbocycles. The number of hydrogen-bond donors (Lipinski definition) is 3. The van der Waals surface area contributed by atoms with E-state index in [2.05, 4.69) is 38.4 Å². The Morgan fingerprint density at radius 3 is 2.65 bits per heavy atom. The zero-order chi connectivity index (χ0) is 18.9. The molecule has 0 bridgehead atoms. The van der Waals surface area contributed by atoms with Crippen LogP contribution in [-0.4, -0.2) is 28.9 Å². The van der Waals surface area contributed by atoms with Crippen LogP contribution in [0.15, 0.2) is 47.6 Å². The number of carboxylic acid groups (broad SMARTS) is 1. The fraction of sp³-hybridized carbons (Fsp3) is 0.167. The van der Waals surface area contributed by atoms with E-state index in [0.29, 0.717) is 11.7 Å². The van der Waals surface area contributed by atoms with Gasteiger partial charge in [-0.05, 0) is 83.2 Å². The van der Waals surface area contributed by atoms with Crippen molar-refractivity contribution in [3.8, 4) is 5.75 Å². The molecular formula is C18H18IN3O3S. The molecule has 3 N–H and O–H groups in total. The normalized spacial score (nSPS) is 10.5. The largest absolute Gasteiger partial charge is 0.488 e. The molecule has 0 aliphatic rings. The molecule has 136 valence electrons. The van der Waals surface area contributed by atoms with E-state index in [1.54, 1.807) is 30.5 Å². The summed E-state index contributed by atoms with van der Waals surface area (Å²) in [6, 6.07) is 12.3. The molecule has 0 heterocycles. The lowest BCUT2D eigenvalue weighted by Crippen LogP contribution is -2.31. The molecule has 0 aliphatic carbocycles. The van der Waals surface area contributed by atoms with Crippen LogP contribution in [0.25, 0.3) is 0 Å². The quantitative estimate of drug-likeness (QED) is 0.243. The third-order valence-corrected chi connectivity index (χ3v) is 4.35. The molecule has 0 aromatic heterocycles. The van der Waals surface area contributed by atoms with Crippen LogP contribution in [0.2, 0.25) is 0 Å². The highest BCUT2D eigenvalue weighted by Crippen LogP contribution is 2.22. The van der Waals surface area contributed by atoms with Crippen molar-refractivity contribution in [2.24, 2.45) is 5.10 Å². The Hall–Kier alpha value is -2.20. The second kappa shape index (κ2) is 10.1. The maximum absolute atomic E-state index is 10.9. The van der Waals surface area contributed by atoms with Crippen LogP contribution in [0.5, 0.6) is 5.75 Å². The number of carboxylic acids is 1. The smallest absolute Gasteiger partial charge is 0.335 e. The molecule has 2 rings (SSSR count). The van der Waals surface area contributed by atoms with Gasteiger partial charge in [-0.2, -0.15) is 5.10 Å². The minimum absolute atomic E-state index is 0.259. The number of aromatic carboxylic acids is 1. The first-order chi connectivity index (χ1) is 12.5. The van der Waals surface area contributed by atoms with Crippen LogP contribution < -0.4 is 15.5 Å². The van der Waals surface area contributed by atoms with Crippen LogP contribution in [0.4, 0.5) is 0 Å². The molecule has 2 aromatic rings. The summed E-state index contributed by atoms with van der Waals surface area (Å²) in [5, 5.41) is 16.4. The van der Waals surface area contributed by atoms with Gasteiger partial charge < -0.3 is 15.2 Å². The Balaban J connectivity index is 1.93. The molecule has 0 fully saturated rings. The van der Waals surface area contributed by atoms with Crippen LogP contribution in [-0.2, 0) is 6.61 Å². The molecule has 0 saturated heterocycles. The molecule has 8 heteroatoms. The Morgan fingerprint density at radius 1 is 1.31 bits per heavy atom. The number of rotatable bonds is 7. The highest BCUT2D eigenvalue weighted by atomic mass is 127. The van der Waals surface area contributed by atoms with Gasteiger partial charge in [0, 0.05) is 6.54 Å². The molecule has 0 radical (unpaired) electrons. The van der Waals surface area contributed by atoms with E-state index in [1.165, 1.54) is 0 Å². The van der Waals surface area contributed by atoms with E-state index in [-0.39, 0.29) is 5.56 Å². The monoisotopic (exact) mass is 483 g/mol. The predicted molar refractivity (Wildman–Crippen MR) is 114 cm³/mol. The number of thiocarbonyl (C=S) groups is 1. The fourth-order valence-electron chi connectivity index (χ4n) is 1.98. The fourth-order valence-corrected chi connectivity index (χ4v) is 2.88. The summed E-state index contributed by atoms with van der Waals surface area (Å²) in [4.78, 5) is 10.9. The summed E-state index contributed by atoms with van der Waals surface area (Å²) in [7, 11) is 0. The van der Waals surface area contributed by atoms with Crippen LogP contribution >= 0.6 is 34.8 Å². The number of nitrogens with zero attached hydrogens (tertiary/aromatic N) is 1. The highest BCUT2D eigenvalue weighted by Gasteiger charge is 2.05. The molecule has 6 nitrogen and oxygen atoms in total. The third kappa shape index (κ3) is 6.26. The lowest BCUT2D eigenvalue weighted by atomic mass is 10.1. The van der Waals surface area contributed by atoms with Gasteiger partial charge in [0.1, 0.15) is 12.4 Å². The summed E-state index contributed by atoms with van der Waals surface area (Å²) < 4.78 is 6.75. The molecule has 26 heavy (non-hydrogen) atoms. The van der Waals surface area contributed by atoms with Crippen LogP contribution in [0, 0.1) is 3.57 Å². The topological polar surface area (TPSA) is 83.0 Å². The van der Waals surface area contributed by atoms with Gasteiger partial charge in [0.15, 0.2) is 5.11 Å². The summed E-state index contributed by atoms with van der Waals surface area (Å²) in [5.41, 5.74) is 4.81. The van der Waals surface area contributed by atoms with E-state index in [0.717, 1.165) is 27.0 Å². The first-order valence-electron chi connectivity index (χ1n) is 7.81. The molecular weight excluding hydrogens is 465 g/mol. The number of halogens is 1. The van der Waals surface area contributed by atoms with E-state index in [9.17, 15) is 4.79 Å². The first kappa shape index (κ1) is 20.1. The Kier molecular flexibility index (Phi) is 7.79. The van der Waals surface area contributed by atoms with E-state index >= 15 is 0 Å². The van der Waals surface area contributed by atoms with Crippen molar-refractivity contribution >= 4 is 52.1 Å². The van der Waals surface area contributed by atoms with Gasteiger partial charge in [0.25, 0.3) is 0 Å². The van der Waals surface area contributed by atoms with Gasteiger partial charge in [-0.25, -0.2) is 4.79 Å². The summed E-state index contributed by atoms with van der Waals surface area (Å²) in [6.07, 6.45) is 1.68. The molecule has 0 atom stereocenters. The van der Waals surface area contributed by atoms with E-state index < -0.39 is 5.97 Å². The summed E-state index contributed by atoms with van der Waals surface area (Å²) in [6.45, 7) is 3.06. The average Bonchev–Trinajstić information content (AvgIpc) is 2.61. The molecule has 0 amide bonds. The molecule has 0 aliphatic heterocycles. The van der Waals surface area contributed by atoms with Gasteiger partial charge >= 0.3 is 5.97 Å². The summed E-state index contributed by atoms with van der Waals surface area (Å²) >= 11 is 7.23. The summed E-state index contributed by atoms with van der Waals surface area (Å²) in [5.74, 6) is -0.189. The standard InChI is InChI=1S/C18H18IN3O3S/c1-2-20-18(26)22-21-10-13-5-8-16(15(19)9-13)25-11-12-3-6-14(7-4-12)17(23)24/h3-10H,2,11H2,1H3,(H,23,24)(H2,20,22,26). The van der Waals surface area contributed by atoms with Crippen LogP contribution in [0.3, 0.4) is 0 Å². The van der Waals surface area contributed by atoms with Crippen LogP contribution in [0.1, 0.15) is 28.4 Å². The predicted octanol–water partition coefficient (Wildman–Crippen LogP) is 3.39. The van der Waals surface area contributed by atoms with Crippen molar-refractivity contribution in [2.45, 2.75) is 13.5 Å². The van der Waals surface area contributed by atoms with Crippen molar-refractivity contribution in [3.05, 3.63) is 62.7 Å². The second-order valence-corrected chi connectivity index (χ2v) is 6.78. The number of ether oxygens (including phenoxy) is 1. The van der Waals surface area contributed by atoms with Gasteiger partial charge in [0.05, 0.1) is 15.3 Å². The Bertz CT molecular complexity index is 810. The minimum atomic E-state index is -0.940. The van der Waals surface area contributed by atoms with Gasteiger partial charge in [-0.15, -0.1) is 0 Å². The van der Waals surface area contributed by atoms with E-state index in [4.69, 9.17) is 22.1 Å². The zero-order valence-corrected chi connectivity index (χ0v) is 17.0. The number of benzene rings is 2. The number of hydrogen-bond acceptors (Lipinski definition) is 4. The average molecular weight is 483 g/mol. The van der Waals surface area contributed by atoms with Crippen molar-refractivity contribution < 1.29 is 14.6 Å². The van der Waals surface area contributed by atoms with Gasteiger partial charge in [-0.1, -0.05) is 12.1 Å². The van der Waals surface area contributed by atoms with Crippen molar-refractivity contribution in [1.82, 2.24) is 10.7 Å². The maximum Gasteiger partial charge on any atom is 0.335 e. The number of hydrazone groups is 1. The Labute approximate surface area is 170 Å². The van der Waals surface area contributed by atoms with Crippen molar-refractivity contribution in [2.75, 3.05) is 6.54 Å². The molecule has 0 unspecified atom stereocenters. The lowest BCUT2D eigenvalue weighted by Gasteiger charge is -2.09. The van der Waals surface area contributed by atoms with Crippen molar-refractivity contribution in [3.63, 3.8) is 0 Å². The second-order valence-electron chi connectivity index (χ2n) is 5.21. The maximum atomic E-state index is 10.9. The number of nitrogens with one attached hydrogen (secondary N) is 2. The van der Waals surface area contributed by atoms with Gasteiger partial charge in [0.2, 0.25) is 0 Å². The number of carbonyl (C=O) groups is 1. The first-order valence-corrected chi connectivity index (χ1v) is 9.29. The van der Waals surface area contributed by atoms with Gasteiger partial charge in [-0.3, -0.25) is 5.43 Å². The Morgan fingerprint density at radius 2 is 2.04 bits per heavy atom. The molecule has 0 saturated carbocycles. The highest BCUT2D eigenvalue weighted by molar-refractivity contribution is 14.1.